The summed E-state index contributed by atoms with van der Waals surface area (Å²) in [6, 6.07) is 4.22. The van der Waals surface area contributed by atoms with Gasteiger partial charge in [-0.1, -0.05) is 0 Å². The summed E-state index contributed by atoms with van der Waals surface area (Å²) in [5.41, 5.74) is 16.4. The van der Waals surface area contributed by atoms with E-state index in [-0.39, 0.29) is 23.2 Å². The quantitative estimate of drug-likeness (QED) is 0.474. The maximum absolute atomic E-state index is 13.2. The van der Waals surface area contributed by atoms with Crippen molar-refractivity contribution in [2.75, 3.05) is 0 Å². The van der Waals surface area contributed by atoms with E-state index < -0.39 is 5.82 Å². The molecule has 0 saturated carbocycles. The van der Waals surface area contributed by atoms with Gasteiger partial charge in [0.2, 0.25) is 5.96 Å². The monoisotopic (exact) mass is 234 g/mol. The Balaban J connectivity index is 3.33. The Labute approximate surface area is 97.3 Å². The van der Waals surface area contributed by atoms with Gasteiger partial charge in [0, 0.05) is 6.07 Å². The van der Waals surface area contributed by atoms with Gasteiger partial charge in [-0.05, 0) is 18.6 Å². The number of nitrogens with zero attached hydrogens (tertiary/aromatic N) is 3. The lowest BCUT2D eigenvalue weighted by atomic mass is 10.1. The van der Waals surface area contributed by atoms with E-state index in [2.05, 4.69) is 9.98 Å². The fraction of sp³-hybridized carbons (Fsp3) is 0.100. The predicted octanol–water partition coefficient (Wildman–Crippen LogP) is 0.225. The zero-order valence-electron chi connectivity index (χ0n) is 9.11. The Hall–Kier alpha value is -2.62. The van der Waals surface area contributed by atoms with Crippen LogP contribution in [0.15, 0.2) is 22.1 Å². The van der Waals surface area contributed by atoms with Crippen LogP contribution < -0.4 is 17.2 Å². The molecule has 0 bridgehead atoms. The Morgan fingerprint density at radius 2 is 2.00 bits per heavy atom. The van der Waals surface area contributed by atoms with Crippen molar-refractivity contribution in [3.05, 3.63) is 29.1 Å². The minimum absolute atomic E-state index is 0.0903. The Bertz CT molecular complexity index is 536. The van der Waals surface area contributed by atoms with Crippen LogP contribution in [0.4, 0.5) is 10.1 Å². The highest BCUT2D eigenvalue weighted by Gasteiger charge is 2.07. The average molecular weight is 234 g/mol. The average Bonchev–Trinajstić information content (AvgIpc) is 2.15. The molecule has 6 nitrogen and oxygen atoms in total. The number of hydrogen-bond donors (Lipinski definition) is 3. The standard InChI is InChI=1S/C10H11FN6/c1-5-2-6(11)3-8(7(5)4-12)16-10(15)17-9(13)14/h2-3H,1H3,(H6,13,14,15,16,17). The van der Waals surface area contributed by atoms with Crippen molar-refractivity contribution in [2.24, 2.45) is 27.2 Å². The van der Waals surface area contributed by atoms with E-state index >= 15 is 0 Å². The van der Waals surface area contributed by atoms with Gasteiger partial charge in [0.05, 0.1) is 11.3 Å². The highest BCUT2D eigenvalue weighted by molar-refractivity contribution is 5.93. The molecule has 0 unspecified atom stereocenters. The molecule has 0 aliphatic rings. The van der Waals surface area contributed by atoms with Crippen molar-refractivity contribution in [1.29, 1.82) is 5.26 Å². The third-order valence-electron chi connectivity index (χ3n) is 1.87. The lowest BCUT2D eigenvalue weighted by molar-refractivity contribution is 0.627. The molecule has 17 heavy (non-hydrogen) atoms. The summed E-state index contributed by atoms with van der Waals surface area (Å²) in [5, 5.41) is 8.92. The van der Waals surface area contributed by atoms with Crippen LogP contribution >= 0.6 is 0 Å². The molecule has 7 heteroatoms. The molecule has 0 heterocycles. The summed E-state index contributed by atoms with van der Waals surface area (Å²) in [5.74, 6) is -1.03. The summed E-state index contributed by atoms with van der Waals surface area (Å²) in [7, 11) is 0. The van der Waals surface area contributed by atoms with Gasteiger partial charge in [0.25, 0.3) is 0 Å². The summed E-state index contributed by atoms with van der Waals surface area (Å²) >= 11 is 0. The second-order valence-electron chi connectivity index (χ2n) is 3.24. The number of hydrogen-bond acceptors (Lipinski definition) is 2. The van der Waals surface area contributed by atoms with Gasteiger partial charge in [-0.3, -0.25) is 0 Å². The molecule has 1 rings (SSSR count). The normalized spacial score (nSPS) is 10.8. The first kappa shape index (κ1) is 12.4. The second kappa shape index (κ2) is 4.94. The SMILES string of the molecule is Cc1cc(F)cc(N=C(N)N=C(N)N)c1C#N. The Morgan fingerprint density at radius 3 is 2.53 bits per heavy atom. The van der Waals surface area contributed by atoms with Crippen molar-refractivity contribution >= 4 is 17.6 Å². The number of halogens is 1. The van der Waals surface area contributed by atoms with E-state index in [1.54, 1.807) is 6.92 Å². The maximum atomic E-state index is 13.2. The van der Waals surface area contributed by atoms with Gasteiger partial charge in [-0.25, -0.2) is 9.38 Å². The maximum Gasteiger partial charge on any atom is 0.223 e. The van der Waals surface area contributed by atoms with E-state index in [1.807, 2.05) is 6.07 Å². The molecule has 6 N–H and O–H groups in total. The molecular weight excluding hydrogens is 223 g/mol. The van der Waals surface area contributed by atoms with Crippen LogP contribution in [-0.4, -0.2) is 11.9 Å². The Morgan fingerprint density at radius 1 is 1.35 bits per heavy atom. The molecule has 1 aromatic carbocycles. The number of nitrogens with two attached hydrogens (primary N) is 3. The molecule has 0 spiro atoms. The van der Waals surface area contributed by atoms with Crippen LogP contribution in [0, 0.1) is 24.1 Å². The highest BCUT2D eigenvalue weighted by Crippen LogP contribution is 2.23. The van der Waals surface area contributed by atoms with Crippen molar-refractivity contribution in [2.45, 2.75) is 6.92 Å². The topological polar surface area (TPSA) is 127 Å². The van der Waals surface area contributed by atoms with Gasteiger partial charge in [-0.2, -0.15) is 10.3 Å². The van der Waals surface area contributed by atoms with E-state index in [4.69, 9.17) is 22.5 Å². The van der Waals surface area contributed by atoms with Crippen molar-refractivity contribution in [1.82, 2.24) is 0 Å². The number of benzene rings is 1. The molecule has 88 valence electrons. The molecule has 0 aromatic heterocycles. The van der Waals surface area contributed by atoms with Gasteiger partial charge >= 0.3 is 0 Å². The van der Waals surface area contributed by atoms with Gasteiger partial charge in [0.15, 0.2) is 5.96 Å². The smallest absolute Gasteiger partial charge is 0.223 e. The molecule has 0 atom stereocenters. The summed E-state index contributed by atoms with van der Waals surface area (Å²) in [6.45, 7) is 1.59. The molecule has 0 amide bonds. The predicted molar refractivity (Wildman–Crippen MR) is 62.9 cm³/mol. The fourth-order valence-electron chi connectivity index (χ4n) is 1.24. The fourth-order valence-corrected chi connectivity index (χ4v) is 1.24. The van der Waals surface area contributed by atoms with Gasteiger partial charge in [-0.15, -0.1) is 0 Å². The molecular formula is C10H11FN6. The Kier molecular flexibility index (Phi) is 3.62. The van der Waals surface area contributed by atoms with E-state index in [9.17, 15) is 4.39 Å². The van der Waals surface area contributed by atoms with Crippen LogP contribution in [0.3, 0.4) is 0 Å². The lowest BCUT2D eigenvalue weighted by Gasteiger charge is -2.02. The number of rotatable bonds is 1. The molecule has 0 radical (unpaired) electrons. The molecule has 1 aromatic rings. The van der Waals surface area contributed by atoms with Gasteiger partial charge < -0.3 is 17.2 Å². The van der Waals surface area contributed by atoms with E-state index in [0.717, 1.165) is 6.07 Å². The van der Waals surface area contributed by atoms with Crippen LogP contribution in [-0.2, 0) is 0 Å². The summed E-state index contributed by atoms with van der Waals surface area (Å²) in [6.07, 6.45) is 0. The minimum Gasteiger partial charge on any atom is -0.370 e. The zero-order chi connectivity index (χ0) is 13.0. The van der Waals surface area contributed by atoms with Crippen molar-refractivity contribution < 1.29 is 4.39 Å². The number of aryl methyl sites for hydroxylation is 1. The van der Waals surface area contributed by atoms with Crippen LogP contribution in [0.25, 0.3) is 0 Å². The summed E-state index contributed by atoms with van der Waals surface area (Å²) < 4.78 is 13.2. The number of aliphatic imine (C=N–C) groups is 2. The first-order chi connectivity index (χ1) is 7.93. The minimum atomic E-state index is -0.516. The zero-order valence-corrected chi connectivity index (χ0v) is 9.11. The highest BCUT2D eigenvalue weighted by atomic mass is 19.1. The van der Waals surface area contributed by atoms with Crippen LogP contribution in [0.5, 0.6) is 0 Å². The first-order valence-corrected chi connectivity index (χ1v) is 4.58. The lowest BCUT2D eigenvalue weighted by Crippen LogP contribution is -2.26. The number of nitriles is 1. The molecule has 0 fully saturated rings. The van der Waals surface area contributed by atoms with E-state index in [0.29, 0.717) is 5.56 Å². The third-order valence-corrected chi connectivity index (χ3v) is 1.87. The van der Waals surface area contributed by atoms with Gasteiger partial charge in [0.1, 0.15) is 11.9 Å². The van der Waals surface area contributed by atoms with E-state index in [1.165, 1.54) is 6.07 Å². The van der Waals surface area contributed by atoms with Crippen LogP contribution in [0.2, 0.25) is 0 Å². The number of guanidine groups is 2. The molecule has 0 saturated heterocycles. The summed E-state index contributed by atoms with van der Waals surface area (Å²) in [4.78, 5) is 7.25. The molecule has 0 aliphatic carbocycles. The largest absolute Gasteiger partial charge is 0.370 e. The first-order valence-electron chi connectivity index (χ1n) is 4.58. The van der Waals surface area contributed by atoms with Crippen molar-refractivity contribution in [3.8, 4) is 6.07 Å². The molecule has 0 aliphatic heterocycles. The van der Waals surface area contributed by atoms with Crippen molar-refractivity contribution in [3.63, 3.8) is 0 Å². The third kappa shape index (κ3) is 3.17. The second-order valence-corrected chi connectivity index (χ2v) is 3.24. The van der Waals surface area contributed by atoms with Crippen LogP contribution in [0.1, 0.15) is 11.1 Å².